The number of piperidine rings is 1. The second kappa shape index (κ2) is 7.37. The molecular weight excluding hydrogens is 382 g/mol. The number of fused-ring (bicyclic) bond motifs is 1. The zero-order valence-corrected chi connectivity index (χ0v) is 17.1. The molecule has 6 nitrogen and oxygen atoms in total. The van der Waals surface area contributed by atoms with Gasteiger partial charge in [-0.05, 0) is 49.6 Å². The molecule has 1 aromatic heterocycles. The van der Waals surface area contributed by atoms with Crippen molar-refractivity contribution in [2.45, 2.75) is 41.8 Å². The topological polar surface area (TPSA) is 75.3 Å². The number of benzene rings is 1. The van der Waals surface area contributed by atoms with E-state index in [1.807, 2.05) is 23.9 Å². The summed E-state index contributed by atoms with van der Waals surface area (Å²) in [7, 11) is 0. The van der Waals surface area contributed by atoms with Gasteiger partial charge in [0.25, 0.3) is 0 Å². The zero-order chi connectivity index (χ0) is 19.8. The first kappa shape index (κ1) is 18.5. The molecule has 1 aromatic carbocycles. The first-order valence-electron chi connectivity index (χ1n) is 10.2. The van der Waals surface area contributed by atoms with E-state index in [1.165, 1.54) is 11.8 Å². The lowest BCUT2D eigenvalue weighted by atomic mass is 9.93. The van der Waals surface area contributed by atoms with E-state index >= 15 is 0 Å². The van der Waals surface area contributed by atoms with Crippen molar-refractivity contribution in [3.05, 3.63) is 60.2 Å². The Kier molecular flexibility index (Phi) is 4.70. The van der Waals surface area contributed by atoms with Crippen LogP contribution in [0, 0.1) is 0 Å². The van der Waals surface area contributed by atoms with E-state index in [9.17, 15) is 4.79 Å². The van der Waals surface area contributed by atoms with Gasteiger partial charge in [0.05, 0.1) is 11.4 Å². The average Bonchev–Trinajstić information content (AvgIpc) is 3.28. The fraction of sp³-hybridized carbons (Fsp3) is 0.409. The summed E-state index contributed by atoms with van der Waals surface area (Å²) in [5, 5.41) is 0.319. The third-order valence-electron chi connectivity index (χ3n) is 6.30. The van der Waals surface area contributed by atoms with Crippen LogP contribution in [0.25, 0.3) is 6.08 Å². The predicted octanol–water partition coefficient (Wildman–Crippen LogP) is 3.18. The Morgan fingerprint density at radius 2 is 1.93 bits per heavy atom. The van der Waals surface area contributed by atoms with Crippen LogP contribution in [0.3, 0.4) is 0 Å². The molecule has 0 radical (unpaired) electrons. The largest absolute Gasteiger partial charge is 0.404 e. The van der Waals surface area contributed by atoms with E-state index < -0.39 is 0 Å². The SMILES string of the molecule is N/C=C\c1nccc(N2CCC3(CC2)S[C@H]2CC[C@H](c4ccccc4)N2C3=O)n1. The van der Waals surface area contributed by atoms with Crippen LogP contribution in [0.4, 0.5) is 5.82 Å². The average molecular weight is 408 g/mol. The fourth-order valence-corrected chi connectivity index (χ4v) is 6.61. The maximum atomic E-state index is 13.6. The van der Waals surface area contributed by atoms with Crippen LogP contribution in [0.5, 0.6) is 0 Å². The number of amides is 1. The lowest BCUT2D eigenvalue weighted by molar-refractivity contribution is -0.134. The van der Waals surface area contributed by atoms with Crippen LogP contribution >= 0.6 is 11.8 Å². The minimum Gasteiger partial charge on any atom is -0.404 e. The van der Waals surface area contributed by atoms with Gasteiger partial charge < -0.3 is 15.5 Å². The van der Waals surface area contributed by atoms with Crippen LogP contribution in [0.1, 0.15) is 43.1 Å². The normalized spacial score (nSPS) is 25.9. The standard InChI is InChI=1S/C22H25N5OS/c23-12-8-18-24-13-9-19(25-18)26-14-10-22(11-15-26)21(28)27-17(6-7-20(27)29-22)16-4-2-1-3-5-16/h1-5,8-9,12-13,17,20H,6-7,10-11,14-15,23H2/b12-8-/t17-,20+/m1/s1. The Balaban J connectivity index is 1.31. The summed E-state index contributed by atoms with van der Waals surface area (Å²) in [5.41, 5.74) is 6.73. The molecule has 1 spiro atoms. The molecule has 0 aliphatic carbocycles. The Bertz CT molecular complexity index is 926. The summed E-state index contributed by atoms with van der Waals surface area (Å²) < 4.78 is -0.276. The summed E-state index contributed by atoms with van der Waals surface area (Å²) in [6.07, 6.45) is 8.78. The predicted molar refractivity (Wildman–Crippen MR) is 116 cm³/mol. The van der Waals surface area contributed by atoms with Gasteiger partial charge in [0.1, 0.15) is 10.6 Å². The van der Waals surface area contributed by atoms with E-state index in [0.29, 0.717) is 17.1 Å². The van der Waals surface area contributed by atoms with Gasteiger partial charge in [0.15, 0.2) is 5.82 Å². The summed E-state index contributed by atoms with van der Waals surface area (Å²) in [5.74, 6) is 1.86. The quantitative estimate of drug-likeness (QED) is 0.842. The second-order valence-corrected chi connectivity index (χ2v) is 9.46. The van der Waals surface area contributed by atoms with Gasteiger partial charge in [0.2, 0.25) is 5.91 Å². The van der Waals surface area contributed by atoms with Gasteiger partial charge in [-0.1, -0.05) is 30.3 Å². The number of aromatic nitrogens is 2. The Labute approximate surface area is 175 Å². The molecule has 1 amide bonds. The summed E-state index contributed by atoms with van der Waals surface area (Å²) in [6, 6.07) is 12.6. The van der Waals surface area contributed by atoms with Crippen molar-refractivity contribution in [3.63, 3.8) is 0 Å². The number of carbonyl (C=O) groups excluding carboxylic acids is 1. The third kappa shape index (κ3) is 3.17. The van der Waals surface area contributed by atoms with Gasteiger partial charge in [0, 0.05) is 19.3 Å². The highest BCUT2D eigenvalue weighted by molar-refractivity contribution is 8.02. The molecule has 29 heavy (non-hydrogen) atoms. The monoisotopic (exact) mass is 407 g/mol. The zero-order valence-electron chi connectivity index (χ0n) is 16.3. The number of thioether (sulfide) groups is 1. The van der Waals surface area contributed by atoms with E-state index in [0.717, 1.165) is 44.6 Å². The van der Waals surface area contributed by atoms with E-state index in [-0.39, 0.29) is 10.8 Å². The van der Waals surface area contributed by atoms with Crippen LogP contribution < -0.4 is 10.6 Å². The Morgan fingerprint density at radius 1 is 1.14 bits per heavy atom. The smallest absolute Gasteiger partial charge is 0.240 e. The number of nitrogens with two attached hydrogens (primary N) is 1. The van der Waals surface area contributed by atoms with Crippen LogP contribution in [-0.4, -0.2) is 44.0 Å². The van der Waals surface area contributed by atoms with Crippen LogP contribution in [-0.2, 0) is 4.79 Å². The van der Waals surface area contributed by atoms with Crippen molar-refractivity contribution in [2.75, 3.05) is 18.0 Å². The van der Waals surface area contributed by atoms with Crippen molar-refractivity contribution in [2.24, 2.45) is 5.73 Å². The summed E-state index contributed by atoms with van der Waals surface area (Å²) >= 11 is 1.91. The van der Waals surface area contributed by atoms with Crippen molar-refractivity contribution >= 4 is 29.6 Å². The van der Waals surface area contributed by atoms with E-state index in [4.69, 9.17) is 5.73 Å². The molecule has 2 atom stereocenters. The number of carbonyl (C=O) groups is 1. The maximum Gasteiger partial charge on any atom is 0.240 e. The molecular formula is C22H25N5OS. The van der Waals surface area contributed by atoms with Gasteiger partial charge in [-0.2, -0.15) is 0 Å². The van der Waals surface area contributed by atoms with Crippen molar-refractivity contribution in [3.8, 4) is 0 Å². The molecule has 3 fully saturated rings. The van der Waals surface area contributed by atoms with E-state index in [2.05, 4.69) is 44.0 Å². The fourth-order valence-electron chi connectivity index (χ4n) is 4.85. The molecule has 3 aliphatic heterocycles. The maximum absolute atomic E-state index is 13.6. The molecule has 150 valence electrons. The minimum absolute atomic E-state index is 0.228. The molecule has 2 N–H and O–H groups in total. The lowest BCUT2D eigenvalue weighted by Gasteiger charge is -2.38. The third-order valence-corrected chi connectivity index (χ3v) is 8.07. The molecule has 0 bridgehead atoms. The molecule has 0 saturated carbocycles. The van der Waals surface area contributed by atoms with Gasteiger partial charge in [-0.3, -0.25) is 4.79 Å². The molecule has 5 rings (SSSR count). The summed E-state index contributed by atoms with van der Waals surface area (Å²) in [4.78, 5) is 26.8. The highest BCUT2D eigenvalue weighted by atomic mass is 32.2. The molecule has 3 saturated heterocycles. The highest BCUT2D eigenvalue weighted by Crippen LogP contribution is 2.55. The number of rotatable bonds is 3. The first-order valence-corrected chi connectivity index (χ1v) is 11.1. The first-order chi connectivity index (χ1) is 14.2. The number of hydrogen-bond donors (Lipinski definition) is 1. The van der Waals surface area contributed by atoms with Gasteiger partial charge >= 0.3 is 0 Å². The molecule has 2 aromatic rings. The molecule has 4 heterocycles. The number of hydrogen-bond acceptors (Lipinski definition) is 6. The van der Waals surface area contributed by atoms with Crippen LogP contribution in [0.2, 0.25) is 0 Å². The second-order valence-electron chi connectivity index (χ2n) is 7.90. The van der Waals surface area contributed by atoms with Crippen molar-refractivity contribution in [1.29, 1.82) is 0 Å². The Hall–Kier alpha value is -2.54. The van der Waals surface area contributed by atoms with Crippen molar-refractivity contribution < 1.29 is 4.79 Å². The summed E-state index contributed by atoms with van der Waals surface area (Å²) in [6.45, 7) is 1.66. The molecule has 3 aliphatic rings. The number of anilines is 1. The van der Waals surface area contributed by atoms with Crippen molar-refractivity contribution in [1.82, 2.24) is 14.9 Å². The molecule has 0 unspecified atom stereocenters. The lowest BCUT2D eigenvalue weighted by Crippen LogP contribution is -2.48. The van der Waals surface area contributed by atoms with Gasteiger partial charge in [-0.25, -0.2) is 9.97 Å². The van der Waals surface area contributed by atoms with Crippen LogP contribution in [0.15, 0.2) is 48.8 Å². The number of nitrogens with zero attached hydrogens (tertiary/aromatic N) is 4. The van der Waals surface area contributed by atoms with E-state index in [1.54, 1.807) is 12.3 Å². The molecule has 7 heteroatoms. The highest BCUT2D eigenvalue weighted by Gasteiger charge is 2.57. The minimum atomic E-state index is -0.276. The van der Waals surface area contributed by atoms with Gasteiger partial charge in [-0.15, -0.1) is 11.8 Å². The Morgan fingerprint density at radius 3 is 2.69 bits per heavy atom.